The number of aryl methyl sites for hydroxylation is 2. The average Bonchev–Trinajstić information content (AvgIpc) is 2.94. The Morgan fingerprint density at radius 1 is 0.459 bits per heavy atom. The molecule has 0 aliphatic heterocycles. The summed E-state index contributed by atoms with van der Waals surface area (Å²) >= 11 is 3.86. The summed E-state index contributed by atoms with van der Waals surface area (Å²) in [6, 6.07) is 46.8. The highest BCUT2D eigenvalue weighted by Crippen LogP contribution is 2.49. The summed E-state index contributed by atoms with van der Waals surface area (Å²) in [5.74, 6) is 0. The molecule has 2 heteroatoms. The second-order valence-electron chi connectivity index (χ2n) is 9.54. The average molecular weight is 513 g/mol. The fourth-order valence-corrected chi connectivity index (χ4v) is 7.29. The van der Waals surface area contributed by atoms with Gasteiger partial charge in [0.25, 0.3) is 0 Å². The van der Waals surface area contributed by atoms with Crippen molar-refractivity contribution in [3.63, 3.8) is 0 Å². The van der Waals surface area contributed by atoms with Crippen LogP contribution >= 0.6 is 23.5 Å². The second-order valence-corrected chi connectivity index (χ2v) is 12.2. The van der Waals surface area contributed by atoms with Gasteiger partial charge in [-0.2, -0.15) is 0 Å². The zero-order valence-corrected chi connectivity index (χ0v) is 22.7. The van der Waals surface area contributed by atoms with Gasteiger partial charge in [-0.25, -0.2) is 0 Å². The maximum atomic E-state index is 2.38. The minimum absolute atomic E-state index is 0.223. The predicted molar refractivity (Wildman–Crippen MR) is 164 cm³/mol. The van der Waals surface area contributed by atoms with E-state index in [4.69, 9.17) is 0 Å². The highest BCUT2D eigenvalue weighted by molar-refractivity contribution is 8.16. The molecule has 0 heterocycles. The largest absolute Gasteiger partial charge is 0.106 e. The van der Waals surface area contributed by atoms with Crippen molar-refractivity contribution in [1.82, 2.24) is 0 Å². The van der Waals surface area contributed by atoms with Crippen LogP contribution in [0.4, 0.5) is 0 Å². The fourth-order valence-electron chi connectivity index (χ4n) is 4.68. The number of benzene rings is 6. The highest BCUT2D eigenvalue weighted by Gasteiger charge is 2.18. The Balaban J connectivity index is 1.44. The molecule has 37 heavy (non-hydrogen) atoms. The zero-order valence-electron chi connectivity index (χ0n) is 21.0. The van der Waals surface area contributed by atoms with E-state index in [1.807, 2.05) is 23.5 Å². The third-order valence-corrected chi connectivity index (χ3v) is 9.38. The summed E-state index contributed by atoms with van der Waals surface area (Å²) in [5, 5.41) is 5.14. The number of fused-ring (bicyclic) bond motifs is 2. The van der Waals surface area contributed by atoms with Crippen molar-refractivity contribution in [3.05, 3.63) is 144 Å². The van der Waals surface area contributed by atoms with Crippen molar-refractivity contribution >= 4 is 45.1 Å². The number of hydrogen-bond acceptors (Lipinski definition) is 2. The molecule has 0 bridgehead atoms. The molecule has 0 aliphatic carbocycles. The van der Waals surface area contributed by atoms with Gasteiger partial charge in [0.1, 0.15) is 0 Å². The van der Waals surface area contributed by atoms with E-state index < -0.39 is 0 Å². The van der Waals surface area contributed by atoms with Crippen molar-refractivity contribution in [2.24, 2.45) is 0 Å². The summed E-state index contributed by atoms with van der Waals surface area (Å²) in [6.45, 7) is 4.29. The van der Waals surface area contributed by atoms with Crippen molar-refractivity contribution < 1.29 is 0 Å². The molecule has 0 saturated carbocycles. The van der Waals surface area contributed by atoms with E-state index >= 15 is 0 Å². The Labute approximate surface area is 227 Å². The Kier molecular flexibility index (Phi) is 6.78. The molecule has 6 rings (SSSR count). The van der Waals surface area contributed by atoms with E-state index in [0.717, 1.165) is 0 Å². The maximum absolute atomic E-state index is 2.38. The minimum atomic E-state index is 0.223. The third kappa shape index (κ3) is 5.32. The van der Waals surface area contributed by atoms with Crippen LogP contribution in [0, 0.1) is 13.8 Å². The topological polar surface area (TPSA) is 0 Å². The van der Waals surface area contributed by atoms with E-state index in [-0.39, 0.29) is 4.58 Å². The van der Waals surface area contributed by atoms with Gasteiger partial charge in [-0.3, -0.25) is 0 Å². The second kappa shape index (κ2) is 10.5. The molecule has 0 aliphatic rings. The van der Waals surface area contributed by atoms with Crippen molar-refractivity contribution in [2.45, 2.75) is 28.2 Å². The molecule has 0 spiro atoms. The quantitative estimate of drug-likeness (QED) is 0.161. The lowest BCUT2D eigenvalue weighted by atomic mass is 9.97. The van der Waals surface area contributed by atoms with Gasteiger partial charge in [0.2, 0.25) is 0 Å². The van der Waals surface area contributed by atoms with Crippen LogP contribution < -0.4 is 0 Å². The van der Waals surface area contributed by atoms with Gasteiger partial charge in [-0.15, -0.1) is 23.5 Å². The molecule has 0 atom stereocenters. The molecule has 0 amide bonds. The van der Waals surface area contributed by atoms with Gasteiger partial charge in [0, 0.05) is 9.79 Å². The first kappa shape index (κ1) is 23.9. The van der Waals surface area contributed by atoms with Crippen molar-refractivity contribution in [2.75, 3.05) is 0 Å². The van der Waals surface area contributed by atoms with Gasteiger partial charge in [0.05, 0.1) is 4.58 Å². The standard InChI is InChI=1S/C35H28S2/c1-24-10-18-31(19-11-24)36-35(37-32-20-12-25(2)13-21-32)33-9-5-8-27-15-17-30(23-34(27)33)29-16-14-26-6-3-4-7-28(26)22-29/h3-23,35H,1-2H3. The number of thioether (sulfide) groups is 2. The Morgan fingerprint density at radius 3 is 1.65 bits per heavy atom. The molecule has 6 aromatic rings. The molecule has 0 saturated heterocycles. The van der Waals surface area contributed by atoms with Crippen molar-refractivity contribution in [3.8, 4) is 11.1 Å². The normalized spacial score (nSPS) is 11.4. The first-order valence-corrected chi connectivity index (χ1v) is 14.4. The smallest absolute Gasteiger partial charge is 0.0851 e. The molecule has 0 aromatic heterocycles. The zero-order chi connectivity index (χ0) is 25.2. The van der Waals surface area contributed by atoms with Gasteiger partial charge in [0.15, 0.2) is 0 Å². The third-order valence-electron chi connectivity index (χ3n) is 6.78. The number of rotatable bonds is 6. The molecule has 6 aromatic carbocycles. The molecule has 0 unspecified atom stereocenters. The monoisotopic (exact) mass is 512 g/mol. The van der Waals surface area contributed by atoms with Crippen LogP contribution in [0.2, 0.25) is 0 Å². The van der Waals surface area contributed by atoms with Gasteiger partial charge >= 0.3 is 0 Å². The summed E-state index contributed by atoms with van der Waals surface area (Å²) in [4.78, 5) is 2.58. The van der Waals surface area contributed by atoms with Gasteiger partial charge in [-0.1, -0.05) is 102 Å². The lowest BCUT2D eigenvalue weighted by Crippen LogP contribution is -1.93. The Hall–Kier alpha value is -3.46. The lowest BCUT2D eigenvalue weighted by molar-refractivity contribution is 1.33. The van der Waals surface area contributed by atoms with Crippen LogP contribution in [0.15, 0.2) is 137 Å². The highest BCUT2D eigenvalue weighted by atomic mass is 32.2. The van der Waals surface area contributed by atoms with E-state index in [1.54, 1.807) is 0 Å². The summed E-state index contributed by atoms with van der Waals surface area (Å²) in [5.41, 5.74) is 6.44. The van der Waals surface area contributed by atoms with Crippen LogP contribution in [0.5, 0.6) is 0 Å². The van der Waals surface area contributed by atoms with Crippen molar-refractivity contribution in [1.29, 1.82) is 0 Å². The van der Waals surface area contributed by atoms with Crippen LogP contribution in [0.1, 0.15) is 21.3 Å². The maximum Gasteiger partial charge on any atom is 0.0851 e. The molecule has 0 N–H and O–H groups in total. The van der Waals surface area contributed by atoms with Crippen LogP contribution in [0.3, 0.4) is 0 Å². The van der Waals surface area contributed by atoms with Crippen LogP contribution in [-0.2, 0) is 0 Å². The predicted octanol–water partition coefficient (Wildman–Crippen LogP) is 10.9. The Morgan fingerprint density at radius 2 is 1.00 bits per heavy atom. The van der Waals surface area contributed by atoms with Crippen LogP contribution in [-0.4, -0.2) is 0 Å². The van der Waals surface area contributed by atoms with E-state index in [9.17, 15) is 0 Å². The Bertz CT molecular complexity index is 1630. The molecule has 180 valence electrons. The minimum Gasteiger partial charge on any atom is -0.106 e. The summed E-state index contributed by atoms with van der Waals surface area (Å²) < 4.78 is 0.223. The first-order chi connectivity index (χ1) is 18.1. The van der Waals surface area contributed by atoms with E-state index in [1.165, 1.54) is 59.2 Å². The van der Waals surface area contributed by atoms with Crippen LogP contribution in [0.25, 0.3) is 32.7 Å². The van der Waals surface area contributed by atoms with E-state index in [2.05, 4.69) is 141 Å². The van der Waals surface area contributed by atoms with E-state index in [0.29, 0.717) is 0 Å². The first-order valence-electron chi connectivity index (χ1n) is 12.6. The molecule has 0 fully saturated rings. The molecular formula is C35H28S2. The number of hydrogen-bond donors (Lipinski definition) is 0. The molecular weight excluding hydrogens is 485 g/mol. The molecule has 0 nitrogen and oxygen atoms in total. The molecule has 0 radical (unpaired) electrons. The lowest BCUT2D eigenvalue weighted by Gasteiger charge is -2.20. The van der Waals surface area contributed by atoms with Gasteiger partial charge in [-0.05, 0) is 88.5 Å². The van der Waals surface area contributed by atoms with Gasteiger partial charge < -0.3 is 0 Å². The fraction of sp³-hybridized carbons (Fsp3) is 0.0857. The summed E-state index contributed by atoms with van der Waals surface area (Å²) in [7, 11) is 0. The SMILES string of the molecule is Cc1ccc(SC(Sc2ccc(C)cc2)c2cccc3ccc(-c4ccc5ccccc5c4)cc23)cc1. The summed E-state index contributed by atoms with van der Waals surface area (Å²) in [6.07, 6.45) is 0.